The first kappa shape index (κ1) is 16.8. The van der Waals surface area contributed by atoms with Gasteiger partial charge in [-0.15, -0.1) is 0 Å². The molecule has 1 N–H and O–H groups in total. The number of fused-ring (bicyclic) bond motifs is 1. The van der Waals surface area contributed by atoms with Crippen LogP contribution in [0.2, 0.25) is 0 Å². The minimum atomic E-state index is -0.326. The van der Waals surface area contributed by atoms with Crippen LogP contribution in [-0.4, -0.2) is 10.5 Å². The minimum Gasteiger partial charge on any atom is -0.348 e. The van der Waals surface area contributed by atoms with Crippen molar-refractivity contribution in [1.29, 1.82) is 0 Å². The lowest BCUT2D eigenvalue weighted by Gasteiger charge is -2.13. The zero-order valence-corrected chi connectivity index (χ0v) is 15.6. The summed E-state index contributed by atoms with van der Waals surface area (Å²) in [5.41, 5.74) is 3.18. The normalized spacial score (nSPS) is 15.2. The average molecular weight is 368 g/mol. The smallest absolute Gasteiger partial charge is 0.257 e. The molecule has 1 aromatic heterocycles. The first-order valence-electron chi connectivity index (χ1n) is 9.55. The van der Waals surface area contributed by atoms with Gasteiger partial charge in [0.15, 0.2) is 0 Å². The van der Waals surface area contributed by atoms with Gasteiger partial charge in [-0.1, -0.05) is 54.6 Å². The molecular formula is C24H20N2O2. The maximum atomic E-state index is 13.0. The molecule has 1 amide bonds. The Morgan fingerprint density at radius 2 is 1.79 bits per heavy atom. The van der Waals surface area contributed by atoms with Crippen molar-refractivity contribution in [2.24, 2.45) is 0 Å². The molecule has 0 spiro atoms. The van der Waals surface area contributed by atoms with Crippen LogP contribution >= 0.6 is 0 Å². The molecule has 5 rings (SSSR count). The summed E-state index contributed by atoms with van der Waals surface area (Å²) in [6, 6.07) is 20.1. The minimum absolute atomic E-state index is 0.197. The van der Waals surface area contributed by atoms with Gasteiger partial charge in [0.2, 0.25) is 5.43 Å². The van der Waals surface area contributed by atoms with Crippen molar-refractivity contribution in [3.63, 3.8) is 0 Å². The van der Waals surface area contributed by atoms with Crippen LogP contribution in [0.15, 0.2) is 71.7 Å². The highest BCUT2D eigenvalue weighted by molar-refractivity contribution is 5.98. The predicted octanol–water partition coefficient (Wildman–Crippen LogP) is 4.20. The number of nitrogens with one attached hydrogen (secondary N) is 1. The molecule has 4 nitrogen and oxygen atoms in total. The number of carbonyl (C=O) groups excluding carboxylic acids is 1. The van der Waals surface area contributed by atoms with E-state index in [1.165, 1.54) is 5.56 Å². The summed E-state index contributed by atoms with van der Waals surface area (Å²) in [6.45, 7) is 2.50. The van der Waals surface area contributed by atoms with E-state index < -0.39 is 0 Å². The quantitative estimate of drug-likeness (QED) is 0.589. The van der Waals surface area contributed by atoms with Crippen molar-refractivity contribution >= 4 is 27.6 Å². The Labute approximate surface area is 162 Å². The van der Waals surface area contributed by atoms with Gasteiger partial charge >= 0.3 is 0 Å². The number of pyridine rings is 1. The van der Waals surface area contributed by atoms with E-state index in [1.54, 1.807) is 6.20 Å². The number of hydrogen-bond donors (Lipinski definition) is 1. The van der Waals surface area contributed by atoms with Gasteiger partial charge in [0.05, 0.1) is 5.52 Å². The Hall–Kier alpha value is -3.40. The second-order valence-corrected chi connectivity index (χ2v) is 7.47. The summed E-state index contributed by atoms with van der Waals surface area (Å²) in [5.74, 6) is -0.326. The molecule has 0 bridgehead atoms. The second kappa shape index (κ2) is 6.34. The molecule has 0 saturated carbocycles. The van der Waals surface area contributed by atoms with Gasteiger partial charge in [-0.3, -0.25) is 9.59 Å². The van der Waals surface area contributed by atoms with Gasteiger partial charge in [-0.25, -0.2) is 0 Å². The third kappa shape index (κ3) is 2.53. The van der Waals surface area contributed by atoms with Crippen LogP contribution in [0.3, 0.4) is 0 Å². The van der Waals surface area contributed by atoms with Crippen LogP contribution in [0, 0.1) is 0 Å². The van der Waals surface area contributed by atoms with Crippen molar-refractivity contribution in [2.45, 2.75) is 25.9 Å². The Morgan fingerprint density at radius 1 is 1.04 bits per heavy atom. The number of hydrogen-bond acceptors (Lipinski definition) is 2. The fourth-order valence-corrected chi connectivity index (χ4v) is 4.29. The first-order chi connectivity index (χ1) is 13.6. The van der Waals surface area contributed by atoms with E-state index in [1.807, 2.05) is 42.5 Å². The van der Waals surface area contributed by atoms with Crippen LogP contribution in [0.5, 0.6) is 0 Å². The lowest BCUT2D eigenvalue weighted by atomic mass is 10.0. The van der Waals surface area contributed by atoms with Crippen LogP contribution in [-0.2, 0) is 13.0 Å². The summed E-state index contributed by atoms with van der Waals surface area (Å²) in [7, 11) is 0. The number of nitrogens with zero attached hydrogens (tertiary/aromatic N) is 1. The molecule has 0 saturated heterocycles. The molecule has 1 aliphatic rings. The summed E-state index contributed by atoms with van der Waals surface area (Å²) in [4.78, 5) is 25.8. The van der Waals surface area contributed by atoms with Crippen molar-refractivity contribution in [3.05, 3.63) is 93.8 Å². The lowest BCUT2D eigenvalue weighted by Crippen LogP contribution is -2.29. The molecule has 28 heavy (non-hydrogen) atoms. The Balaban J connectivity index is 1.51. The second-order valence-electron chi connectivity index (χ2n) is 7.47. The number of para-hydroxylation sites is 1. The summed E-state index contributed by atoms with van der Waals surface area (Å²) < 4.78 is 2.07. The van der Waals surface area contributed by atoms with E-state index in [0.29, 0.717) is 11.9 Å². The monoisotopic (exact) mass is 368 g/mol. The first-order valence-corrected chi connectivity index (χ1v) is 9.55. The number of rotatable bonds is 3. The zero-order valence-electron chi connectivity index (χ0n) is 15.6. The Kier molecular flexibility index (Phi) is 3.79. The molecule has 0 unspecified atom stereocenters. The van der Waals surface area contributed by atoms with Crippen molar-refractivity contribution in [2.75, 3.05) is 0 Å². The molecular weight excluding hydrogens is 348 g/mol. The maximum Gasteiger partial charge on any atom is 0.257 e. The van der Waals surface area contributed by atoms with E-state index in [0.717, 1.165) is 28.3 Å². The summed E-state index contributed by atoms with van der Waals surface area (Å²) in [5, 5.41) is 5.81. The van der Waals surface area contributed by atoms with Gasteiger partial charge in [0.1, 0.15) is 5.56 Å². The highest BCUT2D eigenvalue weighted by Crippen LogP contribution is 2.30. The largest absolute Gasteiger partial charge is 0.348 e. The highest BCUT2D eigenvalue weighted by Gasteiger charge is 2.24. The fraction of sp³-hybridized carbons (Fsp3) is 0.167. The number of carbonyl (C=O) groups is 1. The van der Waals surface area contributed by atoms with Gasteiger partial charge in [0.25, 0.3) is 5.91 Å². The van der Waals surface area contributed by atoms with Crippen molar-refractivity contribution in [3.8, 4) is 0 Å². The standard InChI is InChI=1S/C24H20N2O2/c1-15-12-17-8-5-11-20-22(17)26(15)14-21(23(20)27)24(28)25-13-18-9-4-7-16-6-2-3-10-19(16)18/h2-11,14-15H,12-13H2,1H3,(H,25,28)/t15-/m0/s1. The van der Waals surface area contributed by atoms with Crippen LogP contribution in [0.1, 0.15) is 34.5 Å². The van der Waals surface area contributed by atoms with E-state index >= 15 is 0 Å². The van der Waals surface area contributed by atoms with E-state index in [2.05, 4.69) is 35.0 Å². The molecule has 1 atom stereocenters. The Bertz CT molecular complexity index is 1300. The predicted molar refractivity (Wildman–Crippen MR) is 112 cm³/mol. The topological polar surface area (TPSA) is 51.1 Å². The van der Waals surface area contributed by atoms with Gasteiger partial charge in [-0.05, 0) is 41.3 Å². The maximum absolute atomic E-state index is 13.0. The lowest BCUT2D eigenvalue weighted by molar-refractivity contribution is 0.0949. The molecule has 138 valence electrons. The SMILES string of the molecule is C[C@H]1Cc2cccc3c(=O)c(C(=O)NCc4cccc5ccccc45)cn1c23. The van der Waals surface area contributed by atoms with Crippen molar-refractivity contribution in [1.82, 2.24) is 9.88 Å². The molecule has 1 aliphatic heterocycles. The zero-order chi connectivity index (χ0) is 19.3. The van der Waals surface area contributed by atoms with Crippen LogP contribution in [0.4, 0.5) is 0 Å². The van der Waals surface area contributed by atoms with E-state index in [4.69, 9.17) is 0 Å². The molecule has 0 aliphatic carbocycles. The van der Waals surface area contributed by atoms with Gasteiger partial charge < -0.3 is 9.88 Å². The van der Waals surface area contributed by atoms with E-state index in [9.17, 15) is 9.59 Å². The van der Waals surface area contributed by atoms with Crippen molar-refractivity contribution < 1.29 is 4.79 Å². The Morgan fingerprint density at radius 3 is 2.68 bits per heavy atom. The van der Waals surface area contributed by atoms with Crippen LogP contribution in [0.25, 0.3) is 21.7 Å². The molecule has 4 heteroatoms. The number of aromatic nitrogens is 1. The van der Waals surface area contributed by atoms with Gasteiger partial charge in [0, 0.05) is 24.2 Å². The number of benzene rings is 3. The van der Waals surface area contributed by atoms with Crippen LogP contribution < -0.4 is 10.7 Å². The molecule has 3 aromatic carbocycles. The highest BCUT2D eigenvalue weighted by atomic mass is 16.2. The number of amides is 1. The van der Waals surface area contributed by atoms with E-state index in [-0.39, 0.29) is 22.9 Å². The molecule has 4 aromatic rings. The summed E-state index contributed by atoms with van der Waals surface area (Å²) in [6.07, 6.45) is 2.61. The van der Waals surface area contributed by atoms with Gasteiger partial charge in [-0.2, -0.15) is 0 Å². The third-order valence-electron chi connectivity index (χ3n) is 5.69. The molecule has 2 heterocycles. The molecule has 0 radical (unpaired) electrons. The molecule has 0 fully saturated rings. The average Bonchev–Trinajstić information content (AvgIpc) is 3.04. The fourth-order valence-electron chi connectivity index (χ4n) is 4.29. The summed E-state index contributed by atoms with van der Waals surface area (Å²) >= 11 is 0. The third-order valence-corrected chi connectivity index (χ3v) is 5.69.